The van der Waals surface area contributed by atoms with Crippen LogP contribution < -0.4 is 15.4 Å². The summed E-state index contributed by atoms with van der Waals surface area (Å²) in [7, 11) is 1.57. The van der Waals surface area contributed by atoms with Crippen molar-refractivity contribution in [2.45, 2.75) is 44.2 Å². The van der Waals surface area contributed by atoms with Crippen molar-refractivity contribution in [2.24, 2.45) is 5.92 Å². The van der Waals surface area contributed by atoms with E-state index in [9.17, 15) is 9.18 Å². The lowest BCUT2D eigenvalue weighted by atomic mass is 9.90. The Balaban J connectivity index is 1.62. The van der Waals surface area contributed by atoms with E-state index in [0.717, 1.165) is 13.1 Å². The predicted octanol–water partition coefficient (Wildman–Crippen LogP) is 2.56. The first kappa shape index (κ1) is 18.1. The van der Waals surface area contributed by atoms with Crippen LogP contribution in [0.5, 0.6) is 5.75 Å². The highest BCUT2D eigenvalue weighted by Gasteiger charge is 2.40. The molecule has 0 aromatic heterocycles. The van der Waals surface area contributed by atoms with Crippen LogP contribution in [0.1, 0.15) is 44.2 Å². The van der Waals surface area contributed by atoms with E-state index in [0.29, 0.717) is 30.9 Å². The van der Waals surface area contributed by atoms with Gasteiger partial charge in [0.1, 0.15) is 5.60 Å². The zero-order valence-corrected chi connectivity index (χ0v) is 14.9. The summed E-state index contributed by atoms with van der Waals surface area (Å²) in [5.41, 5.74) is -0.0874. The standard InChI is InChI=1S/C19H27FN2O3/c1-13(22-18(23)19(24-2)7-9-21-10-8-19)15-5-6-17(16(20)11-15)25-12-14-3-4-14/h5-6,11,13-14,21H,3-4,7-10,12H2,1-2H3,(H,22,23). The van der Waals surface area contributed by atoms with Gasteiger partial charge in [-0.05, 0) is 69.3 Å². The SMILES string of the molecule is COC1(C(=O)NC(C)c2ccc(OCC3CC3)c(F)c2)CCNCC1. The second kappa shape index (κ2) is 7.70. The molecular weight excluding hydrogens is 323 g/mol. The number of carbonyl (C=O) groups excluding carboxylic acids is 1. The Labute approximate surface area is 148 Å². The minimum absolute atomic E-state index is 0.140. The maximum absolute atomic E-state index is 14.2. The van der Waals surface area contributed by atoms with E-state index in [4.69, 9.17) is 9.47 Å². The molecule has 138 valence electrons. The highest BCUT2D eigenvalue weighted by atomic mass is 19.1. The number of rotatable bonds is 7. The zero-order chi connectivity index (χ0) is 17.9. The van der Waals surface area contributed by atoms with Gasteiger partial charge in [0.15, 0.2) is 11.6 Å². The van der Waals surface area contributed by atoms with Crippen molar-refractivity contribution in [3.05, 3.63) is 29.6 Å². The second-order valence-electron chi connectivity index (χ2n) is 7.09. The monoisotopic (exact) mass is 350 g/mol. The van der Waals surface area contributed by atoms with E-state index in [-0.39, 0.29) is 23.5 Å². The smallest absolute Gasteiger partial charge is 0.252 e. The molecule has 1 saturated carbocycles. The Morgan fingerprint density at radius 1 is 1.40 bits per heavy atom. The van der Waals surface area contributed by atoms with E-state index in [1.165, 1.54) is 18.9 Å². The van der Waals surface area contributed by atoms with E-state index >= 15 is 0 Å². The number of benzene rings is 1. The predicted molar refractivity (Wildman–Crippen MR) is 93.0 cm³/mol. The van der Waals surface area contributed by atoms with Crippen LogP contribution in [0.2, 0.25) is 0 Å². The largest absolute Gasteiger partial charge is 0.490 e. The summed E-state index contributed by atoms with van der Waals surface area (Å²) in [5.74, 6) is 0.328. The highest BCUT2D eigenvalue weighted by molar-refractivity contribution is 5.85. The maximum atomic E-state index is 14.2. The third-order valence-electron chi connectivity index (χ3n) is 5.19. The van der Waals surface area contributed by atoms with E-state index in [1.807, 2.05) is 6.92 Å². The lowest BCUT2D eigenvalue weighted by molar-refractivity contribution is -0.147. The van der Waals surface area contributed by atoms with Crippen molar-refractivity contribution in [3.63, 3.8) is 0 Å². The number of hydrogen-bond acceptors (Lipinski definition) is 4. The molecule has 2 aliphatic rings. The average Bonchev–Trinajstić information content (AvgIpc) is 3.45. The highest BCUT2D eigenvalue weighted by Crippen LogP contribution is 2.31. The molecular formula is C19H27FN2O3. The molecule has 1 atom stereocenters. The second-order valence-corrected chi connectivity index (χ2v) is 7.09. The third-order valence-corrected chi connectivity index (χ3v) is 5.19. The van der Waals surface area contributed by atoms with Crippen molar-refractivity contribution >= 4 is 5.91 Å². The molecule has 5 nitrogen and oxygen atoms in total. The van der Waals surface area contributed by atoms with Crippen molar-refractivity contribution < 1.29 is 18.7 Å². The quantitative estimate of drug-likeness (QED) is 0.793. The van der Waals surface area contributed by atoms with Crippen LogP contribution in [0.25, 0.3) is 0 Å². The van der Waals surface area contributed by atoms with Crippen LogP contribution in [-0.4, -0.2) is 38.3 Å². The van der Waals surface area contributed by atoms with Crippen molar-refractivity contribution in [3.8, 4) is 5.75 Å². The summed E-state index contributed by atoms with van der Waals surface area (Å²) < 4.78 is 25.3. The molecule has 0 bridgehead atoms. The van der Waals surface area contributed by atoms with Crippen molar-refractivity contribution in [1.29, 1.82) is 0 Å². The molecule has 0 spiro atoms. The van der Waals surface area contributed by atoms with Crippen LogP contribution in [0.3, 0.4) is 0 Å². The fraction of sp³-hybridized carbons (Fsp3) is 0.632. The van der Waals surface area contributed by atoms with Gasteiger partial charge in [-0.25, -0.2) is 4.39 Å². The number of ether oxygens (including phenoxy) is 2. The summed E-state index contributed by atoms with van der Waals surface area (Å²) in [6, 6.07) is 4.58. The van der Waals surface area contributed by atoms with Gasteiger partial charge in [-0.1, -0.05) is 6.07 Å². The Kier molecular flexibility index (Phi) is 5.59. The molecule has 1 aliphatic carbocycles. The van der Waals surface area contributed by atoms with Crippen molar-refractivity contribution in [1.82, 2.24) is 10.6 Å². The van der Waals surface area contributed by atoms with Gasteiger partial charge in [0.2, 0.25) is 0 Å². The molecule has 1 unspecified atom stereocenters. The molecule has 1 aromatic carbocycles. The van der Waals surface area contributed by atoms with Gasteiger partial charge >= 0.3 is 0 Å². The van der Waals surface area contributed by atoms with Gasteiger partial charge in [-0.2, -0.15) is 0 Å². The van der Waals surface area contributed by atoms with Gasteiger partial charge in [0, 0.05) is 7.11 Å². The molecule has 1 aromatic rings. The van der Waals surface area contributed by atoms with Crippen LogP contribution >= 0.6 is 0 Å². The molecule has 2 fully saturated rings. The molecule has 1 amide bonds. The topological polar surface area (TPSA) is 59.6 Å². The van der Waals surface area contributed by atoms with Crippen LogP contribution in [0, 0.1) is 11.7 Å². The summed E-state index contributed by atoms with van der Waals surface area (Å²) in [5, 5.41) is 6.19. The summed E-state index contributed by atoms with van der Waals surface area (Å²) in [6.45, 7) is 3.92. The number of piperidine rings is 1. The first-order valence-electron chi connectivity index (χ1n) is 9.03. The molecule has 2 N–H and O–H groups in total. The number of carbonyl (C=O) groups is 1. The number of methoxy groups -OCH3 is 1. The molecule has 6 heteroatoms. The van der Waals surface area contributed by atoms with Gasteiger partial charge in [-0.15, -0.1) is 0 Å². The lowest BCUT2D eigenvalue weighted by Gasteiger charge is -2.35. The van der Waals surface area contributed by atoms with E-state index in [2.05, 4.69) is 10.6 Å². The zero-order valence-electron chi connectivity index (χ0n) is 14.9. The summed E-state index contributed by atoms with van der Waals surface area (Å²) in [4.78, 5) is 12.7. The van der Waals surface area contributed by atoms with Gasteiger partial charge < -0.3 is 20.1 Å². The van der Waals surface area contributed by atoms with E-state index in [1.54, 1.807) is 19.2 Å². The molecule has 1 heterocycles. The molecule has 1 saturated heterocycles. The number of hydrogen-bond donors (Lipinski definition) is 2. The Morgan fingerprint density at radius 2 is 2.12 bits per heavy atom. The molecule has 0 radical (unpaired) electrons. The normalized spacial score (nSPS) is 20.8. The van der Waals surface area contributed by atoms with Crippen molar-refractivity contribution in [2.75, 3.05) is 26.8 Å². The third kappa shape index (κ3) is 4.30. The fourth-order valence-electron chi connectivity index (χ4n) is 3.16. The Morgan fingerprint density at radius 3 is 2.72 bits per heavy atom. The number of amides is 1. The lowest BCUT2D eigenvalue weighted by Crippen LogP contribution is -2.54. The first-order chi connectivity index (χ1) is 12.0. The number of nitrogens with one attached hydrogen (secondary N) is 2. The number of halogens is 1. The van der Waals surface area contributed by atoms with Crippen LogP contribution in [0.4, 0.5) is 4.39 Å². The summed E-state index contributed by atoms with van der Waals surface area (Å²) >= 11 is 0. The summed E-state index contributed by atoms with van der Waals surface area (Å²) in [6.07, 6.45) is 3.59. The molecule has 3 rings (SSSR count). The fourth-order valence-corrected chi connectivity index (χ4v) is 3.16. The first-order valence-corrected chi connectivity index (χ1v) is 9.03. The van der Waals surface area contributed by atoms with E-state index < -0.39 is 5.60 Å². The van der Waals surface area contributed by atoms with Gasteiger partial charge in [0.05, 0.1) is 12.6 Å². The van der Waals surface area contributed by atoms with Gasteiger partial charge in [0.25, 0.3) is 5.91 Å². The maximum Gasteiger partial charge on any atom is 0.252 e. The Hall–Kier alpha value is -1.66. The van der Waals surface area contributed by atoms with Crippen LogP contribution in [0.15, 0.2) is 18.2 Å². The molecule has 1 aliphatic heterocycles. The minimum atomic E-state index is -0.800. The minimum Gasteiger partial charge on any atom is -0.490 e. The Bertz CT molecular complexity index is 613. The van der Waals surface area contributed by atoms with Crippen LogP contribution in [-0.2, 0) is 9.53 Å². The average molecular weight is 350 g/mol. The van der Waals surface area contributed by atoms with Gasteiger partial charge in [-0.3, -0.25) is 4.79 Å². The molecule has 25 heavy (non-hydrogen) atoms.